The van der Waals surface area contributed by atoms with Gasteiger partial charge in [0.1, 0.15) is 5.82 Å². The van der Waals surface area contributed by atoms with Crippen LogP contribution in [-0.4, -0.2) is 6.04 Å². The molecule has 0 aliphatic carbocycles. The van der Waals surface area contributed by atoms with Crippen molar-refractivity contribution in [1.29, 1.82) is 0 Å². The molecule has 0 saturated heterocycles. The summed E-state index contributed by atoms with van der Waals surface area (Å²) in [6.07, 6.45) is 0.944. The van der Waals surface area contributed by atoms with E-state index in [9.17, 15) is 4.39 Å². The summed E-state index contributed by atoms with van der Waals surface area (Å²) in [5, 5.41) is 0. The van der Waals surface area contributed by atoms with Crippen molar-refractivity contribution in [2.75, 3.05) is 10.6 Å². The predicted octanol–water partition coefficient (Wildman–Crippen LogP) is 3.49. The lowest BCUT2D eigenvalue weighted by molar-refractivity contribution is 0.618. The van der Waals surface area contributed by atoms with E-state index in [1.807, 2.05) is 23.1 Å². The van der Waals surface area contributed by atoms with Crippen LogP contribution in [0, 0.1) is 5.82 Å². The van der Waals surface area contributed by atoms with E-state index in [2.05, 4.69) is 13.0 Å². The quantitative estimate of drug-likeness (QED) is 0.776. The van der Waals surface area contributed by atoms with Crippen LogP contribution in [0.5, 0.6) is 0 Å². The van der Waals surface area contributed by atoms with Crippen LogP contribution in [0.25, 0.3) is 0 Å². The van der Waals surface area contributed by atoms with E-state index in [0.29, 0.717) is 11.4 Å². The summed E-state index contributed by atoms with van der Waals surface area (Å²) in [5.41, 5.74) is 9.01. The number of rotatable bonds is 1. The van der Waals surface area contributed by atoms with Gasteiger partial charge in [-0.1, -0.05) is 18.2 Å². The SMILES string of the molecule is CC1Cc2ccccc2N1c1ccc(N)cc1F. The van der Waals surface area contributed by atoms with Crippen molar-refractivity contribution in [3.8, 4) is 0 Å². The predicted molar refractivity (Wildman–Crippen MR) is 72.6 cm³/mol. The molecule has 1 unspecified atom stereocenters. The number of nitrogens with zero attached hydrogens (tertiary/aromatic N) is 1. The maximum atomic E-state index is 14.0. The molecule has 0 aromatic heterocycles. The average Bonchev–Trinajstić information content (AvgIpc) is 2.66. The summed E-state index contributed by atoms with van der Waals surface area (Å²) < 4.78 is 14.0. The van der Waals surface area contributed by atoms with Gasteiger partial charge in [-0.2, -0.15) is 0 Å². The van der Waals surface area contributed by atoms with Crippen molar-refractivity contribution in [3.63, 3.8) is 0 Å². The van der Waals surface area contributed by atoms with Crippen LogP contribution in [0.2, 0.25) is 0 Å². The molecule has 0 bridgehead atoms. The molecule has 0 spiro atoms. The Balaban J connectivity index is 2.12. The number of para-hydroxylation sites is 1. The van der Waals surface area contributed by atoms with Crippen LogP contribution in [-0.2, 0) is 6.42 Å². The molecule has 2 N–H and O–H groups in total. The van der Waals surface area contributed by atoms with E-state index in [-0.39, 0.29) is 11.9 Å². The van der Waals surface area contributed by atoms with Crippen molar-refractivity contribution in [2.24, 2.45) is 0 Å². The van der Waals surface area contributed by atoms with Gasteiger partial charge in [0, 0.05) is 17.4 Å². The highest BCUT2D eigenvalue weighted by molar-refractivity contribution is 5.72. The number of hydrogen-bond acceptors (Lipinski definition) is 2. The summed E-state index contributed by atoms with van der Waals surface area (Å²) in [6.45, 7) is 2.11. The molecule has 92 valence electrons. The molecule has 1 aliphatic rings. The Morgan fingerprint density at radius 3 is 2.72 bits per heavy atom. The Bertz CT molecular complexity index is 595. The molecule has 1 aliphatic heterocycles. The summed E-state index contributed by atoms with van der Waals surface area (Å²) >= 11 is 0. The third-order valence-corrected chi connectivity index (χ3v) is 3.44. The molecular weight excluding hydrogens is 227 g/mol. The molecule has 3 heteroatoms. The lowest BCUT2D eigenvalue weighted by Gasteiger charge is -2.25. The highest BCUT2D eigenvalue weighted by Crippen LogP contribution is 2.39. The fourth-order valence-corrected chi connectivity index (χ4v) is 2.65. The molecular formula is C15H15FN2. The standard InChI is InChI=1S/C15H15FN2/c1-10-8-11-4-2-3-5-14(11)18(10)15-7-6-12(17)9-13(15)16/h2-7,9-10H,8,17H2,1H3. The molecule has 0 amide bonds. The Hall–Kier alpha value is -2.03. The Morgan fingerprint density at radius 1 is 1.17 bits per heavy atom. The van der Waals surface area contributed by atoms with Gasteiger partial charge in [0.15, 0.2) is 0 Å². The van der Waals surface area contributed by atoms with Crippen molar-refractivity contribution in [3.05, 3.63) is 53.8 Å². The minimum Gasteiger partial charge on any atom is -0.399 e. The van der Waals surface area contributed by atoms with E-state index < -0.39 is 0 Å². The Kier molecular flexibility index (Phi) is 2.47. The van der Waals surface area contributed by atoms with Gasteiger partial charge >= 0.3 is 0 Å². The molecule has 1 heterocycles. The fraction of sp³-hybridized carbons (Fsp3) is 0.200. The number of hydrogen-bond donors (Lipinski definition) is 1. The molecule has 0 radical (unpaired) electrons. The molecule has 0 fully saturated rings. The average molecular weight is 242 g/mol. The van der Waals surface area contributed by atoms with Gasteiger partial charge in [-0.25, -0.2) is 4.39 Å². The number of fused-ring (bicyclic) bond motifs is 1. The molecule has 2 aromatic carbocycles. The summed E-state index contributed by atoms with van der Waals surface area (Å²) in [6, 6.07) is 13.3. The Morgan fingerprint density at radius 2 is 1.94 bits per heavy atom. The third-order valence-electron chi connectivity index (χ3n) is 3.44. The van der Waals surface area contributed by atoms with Gasteiger partial charge in [-0.15, -0.1) is 0 Å². The number of anilines is 3. The van der Waals surface area contributed by atoms with Gasteiger partial charge in [0.25, 0.3) is 0 Å². The molecule has 18 heavy (non-hydrogen) atoms. The first-order valence-corrected chi connectivity index (χ1v) is 6.09. The number of nitrogen functional groups attached to an aromatic ring is 1. The van der Waals surface area contributed by atoms with Crippen LogP contribution in [0.4, 0.5) is 21.5 Å². The molecule has 3 rings (SSSR count). The first-order valence-electron chi connectivity index (χ1n) is 6.09. The second-order valence-corrected chi connectivity index (χ2v) is 4.76. The van der Waals surface area contributed by atoms with Crippen LogP contribution in [0.15, 0.2) is 42.5 Å². The van der Waals surface area contributed by atoms with Crippen molar-refractivity contribution in [1.82, 2.24) is 0 Å². The van der Waals surface area contributed by atoms with E-state index in [0.717, 1.165) is 12.1 Å². The lowest BCUT2D eigenvalue weighted by atomic mass is 10.1. The zero-order valence-corrected chi connectivity index (χ0v) is 10.2. The second-order valence-electron chi connectivity index (χ2n) is 4.76. The number of benzene rings is 2. The summed E-state index contributed by atoms with van der Waals surface area (Å²) in [4.78, 5) is 2.05. The van der Waals surface area contributed by atoms with E-state index in [4.69, 9.17) is 5.73 Å². The molecule has 2 aromatic rings. The van der Waals surface area contributed by atoms with Crippen LogP contribution in [0.3, 0.4) is 0 Å². The first kappa shape index (κ1) is 11.1. The van der Waals surface area contributed by atoms with Gasteiger partial charge in [-0.05, 0) is 43.2 Å². The number of nitrogens with two attached hydrogens (primary N) is 1. The van der Waals surface area contributed by atoms with Gasteiger partial charge in [0.2, 0.25) is 0 Å². The minimum absolute atomic E-state index is 0.264. The molecule has 2 nitrogen and oxygen atoms in total. The third kappa shape index (κ3) is 1.63. The van der Waals surface area contributed by atoms with Crippen LogP contribution in [0.1, 0.15) is 12.5 Å². The van der Waals surface area contributed by atoms with E-state index >= 15 is 0 Å². The van der Waals surface area contributed by atoms with Gasteiger partial charge < -0.3 is 10.6 Å². The van der Waals surface area contributed by atoms with Crippen molar-refractivity contribution >= 4 is 17.1 Å². The van der Waals surface area contributed by atoms with Gasteiger partial charge in [0.05, 0.1) is 5.69 Å². The zero-order valence-electron chi connectivity index (χ0n) is 10.2. The highest BCUT2D eigenvalue weighted by atomic mass is 19.1. The van der Waals surface area contributed by atoms with E-state index in [1.165, 1.54) is 11.6 Å². The van der Waals surface area contributed by atoms with Crippen LogP contribution >= 0.6 is 0 Å². The normalized spacial score (nSPS) is 17.9. The minimum atomic E-state index is -0.265. The monoisotopic (exact) mass is 242 g/mol. The van der Waals surface area contributed by atoms with Crippen LogP contribution < -0.4 is 10.6 Å². The molecule has 1 atom stereocenters. The van der Waals surface area contributed by atoms with E-state index in [1.54, 1.807) is 12.1 Å². The maximum absolute atomic E-state index is 14.0. The highest BCUT2D eigenvalue weighted by Gasteiger charge is 2.28. The maximum Gasteiger partial charge on any atom is 0.148 e. The number of halogens is 1. The Labute approximate surface area is 106 Å². The fourth-order valence-electron chi connectivity index (χ4n) is 2.65. The zero-order chi connectivity index (χ0) is 12.7. The largest absolute Gasteiger partial charge is 0.399 e. The summed E-state index contributed by atoms with van der Waals surface area (Å²) in [7, 11) is 0. The smallest absolute Gasteiger partial charge is 0.148 e. The second kappa shape index (κ2) is 4.02. The first-order chi connectivity index (χ1) is 8.66. The van der Waals surface area contributed by atoms with Gasteiger partial charge in [-0.3, -0.25) is 0 Å². The topological polar surface area (TPSA) is 29.3 Å². The lowest BCUT2D eigenvalue weighted by Crippen LogP contribution is -2.24. The van der Waals surface area contributed by atoms with Crippen molar-refractivity contribution in [2.45, 2.75) is 19.4 Å². The summed E-state index contributed by atoms with van der Waals surface area (Å²) in [5.74, 6) is -0.265. The van der Waals surface area contributed by atoms with Crippen molar-refractivity contribution < 1.29 is 4.39 Å². The molecule has 0 saturated carbocycles.